The molecular formula is C10H14N4O5. The molecule has 0 bridgehead atoms. The lowest BCUT2D eigenvalue weighted by atomic mass is 10.1. The highest BCUT2D eigenvalue weighted by atomic mass is 16.6. The highest BCUT2D eigenvalue weighted by molar-refractivity contribution is 5.95. The molecule has 0 saturated carbocycles. The number of nitrogen functional groups attached to an aromatic ring is 1. The van der Waals surface area contributed by atoms with E-state index in [0.717, 1.165) is 12.1 Å². The first-order valence-corrected chi connectivity index (χ1v) is 5.33. The van der Waals surface area contributed by atoms with Crippen molar-refractivity contribution < 1.29 is 14.6 Å². The molecule has 9 heteroatoms. The summed E-state index contributed by atoms with van der Waals surface area (Å²) in [5.74, 6) is 4.02. The quantitative estimate of drug-likeness (QED) is 0.368. The van der Waals surface area contributed by atoms with Gasteiger partial charge in [-0.1, -0.05) is 13.8 Å². The minimum atomic E-state index is -0.837. The monoisotopic (exact) mass is 270 g/mol. The number of hydrazine groups is 1. The van der Waals surface area contributed by atoms with Crippen LogP contribution < -0.4 is 11.3 Å². The van der Waals surface area contributed by atoms with Crippen molar-refractivity contribution in [2.45, 2.75) is 20.8 Å². The van der Waals surface area contributed by atoms with Crippen LogP contribution in [0.25, 0.3) is 0 Å². The fourth-order valence-corrected chi connectivity index (χ4v) is 1.28. The molecule has 1 aromatic carbocycles. The number of nitrogens with one attached hydrogen (secondary N) is 1. The molecule has 1 rings (SSSR count). The Morgan fingerprint density at radius 3 is 1.79 bits per heavy atom. The number of benzene rings is 1. The molecule has 0 aliphatic heterocycles. The van der Waals surface area contributed by atoms with Gasteiger partial charge in [-0.3, -0.25) is 30.4 Å². The zero-order chi connectivity index (χ0) is 15.2. The molecule has 0 spiro atoms. The summed E-state index contributed by atoms with van der Waals surface area (Å²) in [6.07, 6.45) is 0. The Morgan fingerprint density at radius 2 is 1.53 bits per heavy atom. The maximum Gasteiger partial charge on any atom is 0.279 e. The van der Waals surface area contributed by atoms with Crippen molar-refractivity contribution in [3.8, 4) is 0 Å². The molecule has 0 radical (unpaired) electrons. The van der Waals surface area contributed by atoms with Crippen LogP contribution in [0, 0.1) is 27.2 Å². The van der Waals surface area contributed by atoms with Gasteiger partial charge in [0.2, 0.25) is 0 Å². The minimum absolute atomic E-state index is 0.117. The zero-order valence-electron chi connectivity index (χ0n) is 10.7. The molecule has 104 valence electrons. The molecule has 0 fully saturated rings. The van der Waals surface area contributed by atoms with E-state index >= 15 is 0 Å². The van der Waals surface area contributed by atoms with Gasteiger partial charge in [0.25, 0.3) is 17.3 Å². The molecule has 3 N–H and O–H groups in total. The van der Waals surface area contributed by atoms with Gasteiger partial charge in [0.15, 0.2) is 0 Å². The predicted octanol–water partition coefficient (Wildman–Crippen LogP) is 1.44. The van der Waals surface area contributed by atoms with Gasteiger partial charge < -0.3 is 0 Å². The molecule has 19 heavy (non-hydrogen) atoms. The lowest BCUT2D eigenvalue weighted by Crippen LogP contribution is -2.30. The first-order chi connectivity index (χ1) is 8.88. The van der Waals surface area contributed by atoms with Crippen LogP contribution in [0.5, 0.6) is 0 Å². The number of rotatable bonds is 3. The number of carbonyl (C=O) groups excluding carboxylic acids is 1. The normalized spacial score (nSPS) is 9.05. The SMILES string of the molecule is CC.Cc1c([N+](=O)[O-])cc(C(=O)NN)cc1[N+](=O)[O-]. The number of hydrogen-bond donors (Lipinski definition) is 2. The van der Waals surface area contributed by atoms with Crippen LogP contribution in [0.4, 0.5) is 11.4 Å². The van der Waals surface area contributed by atoms with Crippen LogP contribution in [-0.4, -0.2) is 15.8 Å². The Bertz CT molecular complexity index is 480. The summed E-state index contributed by atoms with van der Waals surface area (Å²) in [5.41, 5.74) is 0.388. The second kappa shape index (κ2) is 7.01. The standard InChI is InChI=1S/C8H8N4O5.C2H6/c1-4-6(11(14)15)2-5(8(13)10-9)3-7(4)12(16)17;1-2/h2-3H,9H2,1H3,(H,10,13);1-2H3. The Hall–Kier alpha value is -2.55. The maximum atomic E-state index is 11.2. The molecule has 0 aliphatic carbocycles. The summed E-state index contributed by atoms with van der Waals surface area (Å²) in [5, 5.41) is 21.4. The topological polar surface area (TPSA) is 141 Å². The molecule has 0 aromatic heterocycles. The van der Waals surface area contributed by atoms with Gasteiger partial charge in [0.1, 0.15) is 5.56 Å². The number of nitro groups is 2. The third-order valence-electron chi connectivity index (χ3n) is 2.14. The molecule has 0 heterocycles. The van der Waals surface area contributed by atoms with Crippen LogP contribution >= 0.6 is 0 Å². The first kappa shape index (κ1) is 16.4. The van der Waals surface area contributed by atoms with Gasteiger partial charge in [-0.15, -0.1) is 0 Å². The van der Waals surface area contributed by atoms with Crippen molar-refractivity contribution in [1.82, 2.24) is 5.43 Å². The number of carbonyl (C=O) groups is 1. The fraction of sp³-hybridized carbons (Fsp3) is 0.300. The highest BCUT2D eigenvalue weighted by Gasteiger charge is 2.24. The van der Waals surface area contributed by atoms with Gasteiger partial charge in [-0.05, 0) is 6.92 Å². The van der Waals surface area contributed by atoms with E-state index in [0.29, 0.717) is 0 Å². The minimum Gasteiger partial charge on any atom is -0.290 e. The van der Waals surface area contributed by atoms with Crippen molar-refractivity contribution in [3.05, 3.63) is 43.5 Å². The Morgan fingerprint density at radius 1 is 1.16 bits per heavy atom. The average molecular weight is 270 g/mol. The van der Waals surface area contributed by atoms with Gasteiger partial charge in [-0.2, -0.15) is 0 Å². The second-order valence-corrected chi connectivity index (χ2v) is 3.13. The predicted molar refractivity (Wildman–Crippen MR) is 67.5 cm³/mol. The van der Waals surface area contributed by atoms with Crippen LogP contribution in [0.2, 0.25) is 0 Å². The van der Waals surface area contributed by atoms with E-state index in [1.165, 1.54) is 6.92 Å². The van der Waals surface area contributed by atoms with Crippen LogP contribution in [0.3, 0.4) is 0 Å². The van der Waals surface area contributed by atoms with E-state index in [-0.39, 0.29) is 11.1 Å². The third kappa shape index (κ3) is 3.71. The second-order valence-electron chi connectivity index (χ2n) is 3.13. The van der Waals surface area contributed by atoms with Crippen molar-refractivity contribution in [2.24, 2.45) is 5.84 Å². The summed E-state index contributed by atoms with van der Waals surface area (Å²) in [6.45, 7) is 5.24. The maximum absolute atomic E-state index is 11.2. The van der Waals surface area contributed by atoms with Crippen molar-refractivity contribution >= 4 is 17.3 Å². The number of nitrogens with zero attached hydrogens (tertiary/aromatic N) is 2. The first-order valence-electron chi connectivity index (χ1n) is 5.33. The highest BCUT2D eigenvalue weighted by Crippen LogP contribution is 2.29. The van der Waals surface area contributed by atoms with Crippen LogP contribution in [-0.2, 0) is 0 Å². The fourth-order valence-electron chi connectivity index (χ4n) is 1.28. The van der Waals surface area contributed by atoms with Crippen LogP contribution in [0.15, 0.2) is 12.1 Å². The molecule has 0 atom stereocenters. The molecule has 0 unspecified atom stereocenters. The van der Waals surface area contributed by atoms with Crippen LogP contribution in [0.1, 0.15) is 29.8 Å². The number of amides is 1. The van der Waals surface area contributed by atoms with Crippen molar-refractivity contribution in [1.29, 1.82) is 0 Å². The Kier molecular flexibility index (Phi) is 6.07. The zero-order valence-corrected chi connectivity index (χ0v) is 10.7. The van der Waals surface area contributed by atoms with E-state index < -0.39 is 27.1 Å². The van der Waals surface area contributed by atoms with Gasteiger partial charge in [-0.25, -0.2) is 5.84 Å². The molecule has 0 aliphatic rings. The van der Waals surface area contributed by atoms with Gasteiger partial charge in [0, 0.05) is 12.1 Å². The van der Waals surface area contributed by atoms with E-state index in [1.807, 2.05) is 13.8 Å². The van der Waals surface area contributed by atoms with Gasteiger partial charge >= 0.3 is 0 Å². The van der Waals surface area contributed by atoms with E-state index in [4.69, 9.17) is 5.84 Å². The summed E-state index contributed by atoms with van der Waals surface area (Å²) in [7, 11) is 0. The van der Waals surface area contributed by atoms with E-state index in [9.17, 15) is 25.0 Å². The smallest absolute Gasteiger partial charge is 0.279 e. The molecule has 9 nitrogen and oxygen atoms in total. The van der Waals surface area contributed by atoms with Crippen molar-refractivity contribution in [3.63, 3.8) is 0 Å². The number of nitrogens with two attached hydrogens (primary N) is 1. The third-order valence-corrected chi connectivity index (χ3v) is 2.14. The Labute approximate surface area is 108 Å². The largest absolute Gasteiger partial charge is 0.290 e. The number of nitro benzene ring substituents is 2. The lowest BCUT2D eigenvalue weighted by molar-refractivity contribution is -0.395. The van der Waals surface area contributed by atoms with Gasteiger partial charge in [0.05, 0.1) is 15.4 Å². The lowest BCUT2D eigenvalue weighted by Gasteiger charge is -2.03. The Balaban J connectivity index is 0.00000154. The molecule has 1 aromatic rings. The summed E-state index contributed by atoms with van der Waals surface area (Å²) >= 11 is 0. The van der Waals surface area contributed by atoms with E-state index in [2.05, 4.69) is 0 Å². The molecular weight excluding hydrogens is 256 g/mol. The molecule has 1 amide bonds. The summed E-state index contributed by atoms with van der Waals surface area (Å²) in [4.78, 5) is 31.0. The summed E-state index contributed by atoms with van der Waals surface area (Å²) < 4.78 is 0. The summed E-state index contributed by atoms with van der Waals surface area (Å²) in [6, 6.07) is 1.87. The average Bonchev–Trinajstić information content (AvgIpc) is 2.39. The molecule has 0 saturated heterocycles. The number of hydrogen-bond acceptors (Lipinski definition) is 6. The van der Waals surface area contributed by atoms with Crippen molar-refractivity contribution in [2.75, 3.05) is 0 Å². The van der Waals surface area contributed by atoms with E-state index in [1.54, 1.807) is 5.43 Å².